The molecular weight excluding hydrogens is 328 g/mol. The van der Waals surface area contributed by atoms with Gasteiger partial charge in [0, 0.05) is 12.7 Å². The van der Waals surface area contributed by atoms with Crippen LogP contribution in [0.15, 0.2) is 28.1 Å². The van der Waals surface area contributed by atoms with Gasteiger partial charge in [0.25, 0.3) is 5.91 Å². The van der Waals surface area contributed by atoms with Crippen LogP contribution in [0.5, 0.6) is 0 Å². The van der Waals surface area contributed by atoms with E-state index in [1.807, 2.05) is 23.6 Å². The molecule has 0 spiro atoms. The summed E-state index contributed by atoms with van der Waals surface area (Å²) in [6.07, 6.45) is 2.03. The van der Waals surface area contributed by atoms with E-state index in [0.717, 1.165) is 30.0 Å². The van der Waals surface area contributed by atoms with Crippen LogP contribution in [0.25, 0.3) is 10.6 Å². The van der Waals surface area contributed by atoms with E-state index in [-0.39, 0.29) is 12.0 Å². The zero-order chi connectivity index (χ0) is 16.5. The minimum Gasteiger partial charge on any atom is -0.372 e. The first-order chi connectivity index (χ1) is 11.7. The molecule has 3 aromatic heterocycles. The molecule has 1 fully saturated rings. The number of hydrogen-bond acceptors (Lipinski definition) is 6. The fraction of sp³-hybridized carbons (Fsp3) is 0.312. The standard InChI is InChI=1S/C16H16N4O3S/c1-9-14(15(20-23-9)12-5-3-7-24-12)16(21)17-13-8-10(18-19-13)11-4-2-6-22-11/h3,5,7-8,11H,2,4,6H2,1H3,(H2,17,18,19,21). The normalized spacial score (nSPS) is 17.3. The Morgan fingerprint density at radius 2 is 2.42 bits per heavy atom. The van der Waals surface area contributed by atoms with E-state index in [0.29, 0.717) is 22.8 Å². The number of aryl methyl sites for hydroxylation is 1. The van der Waals surface area contributed by atoms with Gasteiger partial charge in [0.05, 0.1) is 16.7 Å². The quantitative estimate of drug-likeness (QED) is 0.755. The lowest BCUT2D eigenvalue weighted by Crippen LogP contribution is -2.13. The highest BCUT2D eigenvalue weighted by Crippen LogP contribution is 2.30. The number of anilines is 1. The monoisotopic (exact) mass is 344 g/mol. The van der Waals surface area contributed by atoms with Crippen molar-refractivity contribution in [3.05, 3.63) is 40.6 Å². The Labute approximate surface area is 142 Å². The molecule has 1 aliphatic heterocycles. The van der Waals surface area contributed by atoms with E-state index in [9.17, 15) is 4.79 Å². The predicted molar refractivity (Wildman–Crippen MR) is 89.0 cm³/mol. The van der Waals surface area contributed by atoms with Crippen LogP contribution in [-0.4, -0.2) is 27.9 Å². The van der Waals surface area contributed by atoms with Gasteiger partial charge in [-0.2, -0.15) is 5.10 Å². The first-order valence-corrected chi connectivity index (χ1v) is 8.59. The highest BCUT2D eigenvalue weighted by atomic mass is 32.1. The molecule has 124 valence electrons. The molecule has 3 aromatic rings. The highest BCUT2D eigenvalue weighted by molar-refractivity contribution is 7.13. The van der Waals surface area contributed by atoms with Gasteiger partial charge in [0.2, 0.25) is 0 Å². The third-order valence-corrected chi connectivity index (χ3v) is 4.84. The van der Waals surface area contributed by atoms with Gasteiger partial charge in [0.15, 0.2) is 5.82 Å². The third-order valence-electron chi connectivity index (χ3n) is 3.96. The minimum atomic E-state index is -0.289. The maximum absolute atomic E-state index is 12.7. The van der Waals surface area contributed by atoms with E-state index in [2.05, 4.69) is 20.7 Å². The Morgan fingerprint density at radius 3 is 3.17 bits per heavy atom. The lowest BCUT2D eigenvalue weighted by Gasteiger charge is -2.04. The van der Waals surface area contributed by atoms with E-state index >= 15 is 0 Å². The SMILES string of the molecule is Cc1onc(-c2cccs2)c1C(=O)Nc1cc(C2CCCO2)[nH]n1. The van der Waals surface area contributed by atoms with Crippen molar-refractivity contribution >= 4 is 23.1 Å². The van der Waals surface area contributed by atoms with Crippen molar-refractivity contribution in [3.8, 4) is 10.6 Å². The Bertz CT molecular complexity index is 847. The number of ether oxygens (including phenoxy) is 1. The first kappa shape index (κ1) is 15.1. The van der Waals surface area contributed by atoms with Crippen molar-refractivity contribution in [2.24, 2.45) is 0 Å². The second kappa shape index (κ2) is 6.21. The van der Waals surface area contributed by atoms with Crippen molar-refractivity contribution in [3.63, 3.8) is 0 Å². The van der Waals surface area contributed by atoms with Gasteiger partial charge in [-0.3, -0.25) is 9.89 Å². The summed E-state index contributed by atoms with van der Waals surface area (Å²) in [5.74, 6) is 0.650. The van der Waals surface area contributed by atoms with Crippen LogP contribution in [0.2, 0.25) is 0 Å². The van der Waals surface area contributed by atoms with E-state index in [4.69, 9.17) is 9.26 Å². The van der Waals surface area contributed by atoms with Crippen LogP contribution in [0.3, 0.4) is 0 Å². The van der Waals surface area contributed by atoms with Crippen LogP contribution < -0.4 is 5.32 Å². The summed E-state index contributed by atoms with van der Waals surface area (Å²) in [5, 5.41) is 15.8. The van der Waals surface area contributed by atoms with E-state index in [1.54, 1.807) is 6.92 Å². The number of hydrogen-bond donors (Lipinski definition) is 2. The zero-order valence-corrected chi connectivity index (χ0v) is 13.9. The molecule has 7 nitrogen and oxygen atoms in total. The average Bonchev–Trinajstić information content (AvgIpc) is 3.34. The topological polar surface area (TPSA) is 93.0 Å². The van der Waals surface area contributed by atoms with Crippen LogP contribution in [-0.2, 0) is 4.74 Å². The number of nitrogens with one attached hydrogen (secondary N) is 2. The third kappa shape index (κ3) is 2.74. The molecule has 1 amide bonds. The molecule has 0 saturated carbocycles. The average molecular weight is 344 g/mol. The van der Waals surface area contributed by atoms with Crippen molar-refractivity contribution < 1.29 is 14.1 Å². The minimum absolute atomic E-state index is 0.0298. The number of aromatic nitrogens is 3. The molecule has 1 atom stereocenters. The highest BCUT2D eigenvalue weighted by Gasteiger charge is 2.24. The molecule has 0 bridgehead atoms. The Kier molecular flexibility index (Phi) is 3.91. The van der Waals surface area contributed by atoms with Crippen LogP contribution >= 0.6 is 11.3 Å². The lowest BCUT2D eigenvalue weighted by atomic mass is 10.1. The van der Waals surface area contributed by atoms with Crippen LogP contribution in [0.4, 0.5) is 5.82 Å². The summed E-state index contributed by atoms with van der Waals surface area (Å²) >= 11 is 1.51. The van der Waals surface area contributed by atoms with Crippen molar-refractivity contribution in [2.45, 2.75) is 25.9 Å². The number of carbonyl (C=O) groups excluding carboxylic acids is 1. The Hall–Kier alpha value is -2.45. The fourth-order valence-electron chi connectivity index (χ4n) is 2.79. The molecule has 1 saturated heterocycles. The maximum atomic E-state index is 12.7. The Balaban J connectivity index is 1.56. The van der Waals surface area contributed by atoms with Gasteiger partial charge < -0.3 is 14.6 Å². The molecule has 4 heterocycles. The van der Waals surface area contributed by atoms with Gasteiger partial charge in [0.1, 0.15) is 17.0 Å². The summed E-state index contributed by atoms with van der Waals surface area (Å²) in [5.41, 5.74) is 1.86. The molecule has 0 aliphatic carbocycles. The molecule has 1 unspecified atom stereocenters. The summed E-state index contributed by atoms with van der Waals surface area (Å²) in [6, 6.07) is 5.62. The van der Waals surface area contributed by atoms with Crippen molar-refractivity contribution in [2.75, 3.05) is 11.9 Å². The second-order valence-electron chi connectivity index (χ2n) is 5.60. The molecule has 1 aliphatic rings. The maximum Gasteiger partial charge on any atom is 0.262 e. The van der Waals surface area contributed by atoms with Crippen molar-refractivity contribution in [1.82, 2.24) is 15.4 Å². The van der Waals surface area contributed by atoms with E-state index < -0.39 is 0 Å². The summed E-state index contributed by atoms with van der Waals surface area (Å²) in [4.78, 5) is 13.5. The predicted octanol–water partition coefficient (Wildman–Crippen LogP) is 3.54. The zero-order valence-electron chi connectivity index (χ0n) is 13.0. The lowest BCUT2D eigenvalue weighted by molar-refractivity contribution is 0.102. The summed E-state index contributed by atoms with van der Waals surface area (Å²) in [6.45, 7) is 2.48. The van der Waals surface area contributed by atoms with Gasteiger partial charge >= 0.3 is 0 Å². The van der Waals surface area contributed by atoms with Gasteiger partial charge in [-0.15, -0.1) is 11.3 Å². The molecule has 2 N–H and O–H groups in total. The molecule has 0 radical (unpaired) electrons. The molecular formula is C16H16N4O3S. The fourth-order valence-corrected chi connectivity index (χ4v) is 3.50. The molecule has 4 rings (SSSR count). The van der Waals surface area contributed by atoms with Crippen molar-refractivity contribution in [1.29, 1.82) is 0 Å². The van der Waals surface area contributed by atoms with Crippen LogP contribution in [0.1, 0.15) is 40.8 Å². The number of H-pyrrole nitrogens is 1. The Morgan fingerprint density at radius 1 is 1.50 bits per heavy atom. The number of thiophene rings is 1. The van der Waals surface area contributed by atoms with E-state index in [1.165, 1.54) is 11.3 Å². The van der Waals surface area contributed by atoms with Gasteiger partial charge in [-0.1, -0.05) is 11.2 Å². The largest absolute Gasteiger partial charge is 0.372 e. The number of nitrogens with zero attached hydrogens (tertiary/aromatic N) is 2. The van der Waals surface area contributed by atoms with Gasteiger partial charge in [-0.25, -0.2) is 0 Å². The second-order valence-corrected chi connectivity index (χ2v) is 6.55. The molecule has 24 heavy (non-hydrogen) atoms. The smallest absolute Gasteiger partial charge is 0.262 e. The number of rotatable bonds is 4. The molecule has 0 aromatic carbocycles. The van der Waals surface area contributed by atoms with Gasteiger partial charge in [-0.05, 0) is 31.2 Å². The number of aromatic amines is 1. The first-order valence-electron chi connectivity index (χ1n) is 7.71. The van der Waals surface area contributed by atoms with Crippen LogP contribution in [0, 0.1) is 6.92 Å². The molecule has 8 heteroatoms. The summed E-state index contributed by atoms with van der Waals surface area (Å²) < 4.78 is 10.8. The number of carbonyl (C=O) groups is 1. The number of amides is 1. The summed E-state index contributed by atoms with van der Waals surface area (Å²) in [7, 11) is 0.